The van der Waals surface area contributed by atoms with Crippen LogP contribution in [0.5, 0.6) is 0 Å². The lowest BCUT2D eigenvalue weighted by Gasteiger charge is -2.23. The van der Waals surface area contributed by atoms with E-state index in [-0.39, 0.29) is 17.7 Å². The second-order valence-corrected chi connectivity index (χ2v) is 9.55. The number of aromatic nitrogens is 1. The van der Waals surface area contributed by atoms with Crippen molar-refractivity contribution in [3.05, 3.63) is 83.0 Å². The van der Waals surface area contributed by atoms with Crippen molar-refractivity contribution in [2.45, 2.75) is 30.2 Å². The standard InChI is InChI=1S/C22H19ClF3NO4S/c1-3-19(13-6-5-7-15(10-13)22(24,25)26)32(29,30)21(31-20(28)4-2)18-12-14-11-16(23)8-9-17(14)27-18/h3,5-12,19,21,27H,1,4H2,2H3. The van der Waals surface area contributed by atoms with Crippen LogP contribution in [0, 0.1) is 0 Å². The minimum atomic E-state index is -4.66. The van der Waals surface area contributed by atoms with E-state index in [1.54, 1.807) is 18.2 Å². The lowest BCUT2D eigenvalue weighted by Crippen LogP contribution is -2.25. The SMILES string of the molecule is C=CC(c1cccc(C(F)(F)F)c1)S(=O)(=O)C(OC(=O)CC)c1cc2cc(Cl)ccc2[nH]1. The van der Waals surface area contributed by atoms with Gasteiger partial charge in [0, 0.05) is 22.3 Å². The van der Waals surface area contributed by atoms with E-state index in [0.29, 0.717) is 15.9 Å². The zero-order valence-electron chi connectivity index (χ0n) is 16.8. The molecule has 0 spiro atoms. The fourth-order valence-electron chi connectivity index (χ4n) is 3.25. The largest absolute Gasteiger partial charge is 0.439 e. The van der Waals surface area contributed by atoms with Gasteiger partial charge in [-0.2, -0.15) is 13.2 Å². The first kappa shape index (κ1) is 23.9. The molecule has 0 fully saturated rings. The summed E-state index contributed by atoms with van der Waals surface area (Å²) >= 11 is 5.99. The Kier molecular flexibility index (Phi) is 6.71. The van der Waals surface area contributed by atoms with Crippen LogP contribution >= 0.6 is 11.6 Å². The van der Waals surface area contributed by atoms with Gasteiger partial charge in [0.15, 0.2) is 0 Å². The quantitative estimate of drug-likeness (QED) is 0.322. The molecule has 1 heterocycles. The minimum absolute atomic E-state index is 0.0443. The first-order valence-corrected chi connectivity index (χ1v) is 11.5. The number of H-pyrrole nitrogens is 1. The maximum absolute atomic E-state index is 13.5. The molecule has 2 aromatic carbocycles. The van der Waals surface area contributed by atoms with Gasteiger partial charge in [0.1, 0.15) is 5.25 Å². The number of ether oxygens (including phenoxy) is 1. The zero-order chi connectivity index (χ0) is 23.7. The number of carbonyl (C=O) groups is 1. The third kappa shape index (κ3) is 4.83. The van der Waals surface area contributed by atoms with Gasteiger partial charge in [-0.1, -0.05) is 42.8 Å². The molecule has 0 radical (unpaired) electrons. The molecule has 3 rings (SSSR count). The molecule has 10 heteroatoms. The van der Waals surface area contributed by atoms with Crippen molar-refractivity contribution in [3.8, 4) is 0 Å². The summed E-state index contributed by atoms with van der Waals surface area (Å²) in [7, 11) is -4.44. The second-order valence-electron chi connectivity index (χ2n) is 7.00. The highest BCUT2D eigenvalue weighted by atomic mass is 35.5. The fourth-order valence-corrected chi connectivity index (χ4v) is 5.21. The van der Waals surface area contributed by atoms with Crippen LogP contribution < -0.4 is 0 Å². The molecule has 32 heavy (non-hydrogen) atoms. The van der Waals surface area contributed by atoms with Gasteiger partial charge < -0.3 is 9.72 Å². The van der Waals surface area contributed by atoms with Gasteiger partial charge in [-0.3, -0.25) is 4.79 Å². The summed E-state index contributed by atoms with van der Waals surface area (Å²) in [6.45, 7) is 4.99. The molecule has 0 aliphatic rings. The van der Waals surface area contributed by atoms with E-state index in [2.05, 4.69) is 11.6 Å². The highest BCUT2D eigenvalue weighted by molar-refractivity contribution is 7.91. The number of hydrogen-bond donors (Lipinski definition) is 1. The summed E-state index contributed by atoms with van der Waals surface area (Å²) in [5.74, 6) is -0.790. The first-order chi connectivity index (χ1) is 15.0. The van der Waals surface area contributed by atoms with Crippen LogP contribution in [-0.4, -0.2) is 19.4 Å². The smallest absolute Gasteiger partial charge is 0.416 e. The Hall–Kier alpha value is -2.78. The van der Waals surface area contributed by atoms with E-state index >= 15 is 0 Å². The van der Waals surface area contributed by atoms with Gasteiger partial charge >= 0.3 is 12.1 Å². The van der Waals surface area contributed by atoms with Crippen LogP contribution in [0.1, 0.15) is 40.9 Å². The monoisotopic (exact) mass is 485 g/mol. The molecule has 5 nitrogen and oxygen atoms in total. The number of rotatable bonds is 7. The van der Waals surface area contributed by atoms with Gasteiger partial charge in [0.05, 0.1) is 11.3 Å². The lowest BCUT2D eigenvalue weighted by molar-refractivity contribution is -0.145. The average molecular weight is 486 g/mol. The van der Waals surface area contributed by atoms with Gasteiger partial charge in [0.2, 0.25) is 15.3 Å². The Bertz CT molecular complexity index is 1270. The Morgan fingerprint density at radius 2 is 1.94 bits per heavy atom. The van der Waals surface area contributed by atoms with Crippen molar-refractivity contribution in [2.75, 3.05) is 0 Å². The molecule has 2 atom stereocenters. The number of alkyl halides is 3. The predicted molar refractivity (Wildman–Crippen MR) is 116 cm³/mol. The third-order valence-corrected chi connectivity index (χ3v) is 7.15. The van der Waals surface area contributed by atoms with E-state index < -0.39 is 38.2 Å². The molecule has 0 bridgehead atoms. The molecule has 2 unspecified atom stereocenters. The number of esters is 1. The molecule has 1 aromatic heterocycles. The van der Waals surface area contributed by atoms with E-state index in [4.69, 9.17) is 16.3 Å². The number of sulfone groups is 1. The van der Waals surface area contributed by atoms with Crippen LogP contribution in [0.25, 0.3) is 10.9 Å². The Morgan fingerprint density at radius 1 is 1.22 bits per heavy atom. The number of benzene rings is 2. The van der Waals surface area contributed by atoms with Crippen LogP contribution in [-0.2, 0) is 25.5 Å². The second kappa shape index (κ2) is 8.99. The van der Waals surface area contributed by atoms with Crippen LogP contribution in [0.15, 0.2) is 61.2 Å². The zero-order valence-corrected chi connectivity index (χ0v) is 18.4. The molecule has 0 saturated heterocycles. The molecule has 0 aliphatic heterocycles. The number of aromatic amines is 1. The summed E-state index contributed by atoms with van der Waals surface area (Å²) in [5, 5.41) is -0.565. The van der Waals surface area contributed by atoms with E-state index in [0.717, 1.165) is 24.3 Å². The maximum atomic E-state index is 13.5. The number of fused-ring (bicyclic) bond motifs is 1. The molecule has 1 N–H and O–H groups in total. The topological polar surface area (TPSA) is 76.2 Å². The summed E-state index contributed by atoms with van der Waals surface area (Å²) in [6, 6.07) is 10.2. The summed E-state index contributed by atoms with van der Waals surface area (Å²) in [4.78, 5) is 14.9. The van der Waals surface area contributed by atoms with Crippen LogP contribution in [0.2, 0.25) is 5.02 Å². The molecule has 170 valence electrons. The highest BCUT2D eigenvalue weighted by Gasteiger charge is 2.39. The molecule has 3 aromatic rings. The Balaban J connectivity index is 2.13. The van der Waals surface area contributed by atoms with Gasteiger partial charge in [-0.05, 0) is 35.9 Å². The Morgan fingerprint density at radius 3 is 2.56 bits per heavy atom. The van der Waals surface area contributed by atoms with Gasteiger partial charge in [-0.15, -0.1) is 6.58 Å². The first-order valence-electron chi connectivity index (χ1n) is 9.47. The predicted octanol–water partition coefficient (Wildman–Crippen LogP) is 6.13. The number of carbonyl (C=O) groups excluding carboxylic acids is 1. The van der Waals surface area contributed by atoms with Crippen LogP contribution in [0.4, 0.5) is 13.2 Å². The van der Waals surface area contributed by atoms with Crippen molar-refractivity contribution < 1.29 is 31.1 Å². The van der Waals surface area contributed by atoms with Gasteiger partial charge in [0.25, 0.3) is 0 Å². The van der Waals surface area contributed by atoms with Crippen molar-refractivity contribution in [2.24, 2.45) is 0 Å². The molecular weight excluding hydrogens is 467 g/mol. The van der Waals surface area contributed by atoms with E-state index in [9.17, 15) is 26.4 Å². The number of nitrogens with one attached hydrogen (secondary N) is 1. The van der Waals surface area contributed by atoms with Crippen molar-refractivity contribution in [1.82, 2.24) is 4.98 Å². The van der Waals surface area contributed by atoms with E-state index in [1.165, 1.54) is 19.1 Å². The normalized spacial score (nSPS) is 14.2. The molecule has 0 aliphatic carbocycles. The fraction of sp³-hybridized carbons (Fsp3) is 0.227. The average Bonchev–Trinajstić information content (AvgIpc) is 3.14. The number of halogens is 4. The van der Waals surface area contributed by atoms with Gasteiger partial charge in [-0.25, -0.2) is 8.42 Å². The number of hydrogen-bond acceptors (Lipinski definition) is 4. The highest BCUT2D eigenvalue weighted by Crippen LogP contribution is 2.39. The molecular formula is C22H19ClF3NO4S. The van der Waals surface area contributed by atoms with Crippen LogP contribution in [0.3, 0.4) is 0 Å². The lowest BCUT2D eigenvalue weighted by atomic mass is 10.1. The van der Waals surface area contributed by atoms with E-state index in [1.807, 2.05) is 0 Å². The maximum Gasteiger partial charge on any atom is 0.416 e. The summed E-state index contributed by atoms with van der Waals surface area (Å²) in [6.07, 6.45) is -3.74. The molecule has 0 amide bonds. The van der Waals surface area contributed by atoms with Crippen molar-refractivity contribution in [1.29, 1.82) is 0 Å². The molecule has 0 saturated carbocycles. The summed E-state index contributed by atoms with van der Waals surface area (Å²) < 4.78 is 71.8. The minimum Gasteiger partial charge on any atom is -0.439 e. The van der Waals surface area contributed by atoms with Crippen molar-refractivity contribution >= 4 is 38.3 Å². The third-order valence-electron chi connectivity index (χ3n) is 4.79. The van der Waals surface area contributed by atoms with Crippen molar-refractivity contribution in [3.63, 3.8) is 0 Å². The summed E-state index contributed by atoms with van der Waals surface area (Å²) in [5.41, 5.74) is -2.35. The Labute approximate surface area is 187 Å².